The molecule has 0 aliphatic heterocycles. The van der Waals surface area contributed by atoms with Gasteiger partial charge in [-0.15, -0.1) is 0 Å². The molecule has 0 rings (SSSR count). The van der Waals surface area contributed by atoms with Crippen LogP contribution in [0.3, 0.4) is 0 Å². The van der Waals surface area contributed by atoms with Crippen LogP contribution in [0.15, 0.2) is 0 Å². The Morgan fingerprint density at radius 3 is 1.62 bits per heavy atom. The summed E-state index contributed by atoms with van der Waals surface area (Å²) < 4.78 is 17.1. The van der Waals surface area contributed by atoms with Crippen molar-refractivity contribution < 1.29 is 14.2 Å². The highest BCUT2D eigenvalue weighted by atomic mass is 16.7. The highest BCUT2D eigenvalue weighted by Gasteiger charge is 2.37. The normalized spacial score (nSPS) is 12.4. The molecule has 0 bridgehead atoms. The van der Waals surface area contributed by atoms with Gasteiger partial charge in [0.25, 0.3) is 5.91 Å². The molecule has 0 spiro atoms. The molecule has 0 aromatic heterocycles. The summed E-state index contributed by atoms with van der Waals surface area (Å²) in [4.78, 5) is 2.15. The molecule has 0 saturated carbocycles. The van der Waals surface area contributed by atoms with E-state index in [2.05, 4.69) is 18.7 Å². The lowest BCUT2D eigenvalue weighted by Crippen LogP contribution is -2.56. The molecular weight excluding hydrogens is 206 g/mol. The molecule has 0 atom stereocenters. The maximum absolute atomic E-state index is 5.79. The van der Waals surface area contributed by atoms with Gasteiger partial charge in [0.15, 0.2) is 0 Å². The summed E-state index contributed by atoms with van der Waals surface area (Å²) in [5, 5.41) is 0. The molecule has 0 aromatic carbocycles. The highest BCUT2D eigenvalue weighted by Crippen LogP contribution is 2.20. The van der Waals surface area contributed by atoms with Crippen LogP contribution in [-0.2, 0) is 14.2 Å². The summed E-state index contributed by atoms with van der Waals surface area (Å²) in [6.45, 7) is 14.2. The van der Waals surface area contributed by atoms with E-state index in [1.807, 2.05) is 20.8 Å². The van der Waals surface area contributed by atoms with Gasteiger partial charge in [-0.2, -0.15) is 0 Å². The first-order valence-corrected chi connectivity index (χ1v) is 6.31. The predicted octanol–water partition coefficient (Wildman–Crippen LogP) is 2.09. The third-order valence-electron chi connectivity index (χ3n) is 2.47. The molecule has 0 unspecified atom stereocenters. The monoisotopic (exact) mass is 233 g/mol. The molecule has 0 aliphatic carbocycles. The Kier molecular flexibility index (Phi) is 8.84. The van der Waals surface area contributed by atoms with Crippen molar-refractivity contribution >= 4 is 0 Å². The van der Waals surface area contributed by atoms with E-state index in [9.17, 15) is 0 Å². The Labute approximate surface area is 99.9 Å². The van der Waals surface area contributed by atoms with Gasteiger partial charge in [-0.1, -0.05) is 13.8 Å². The van der Waals surface area contributed by atoms with Crippen molar-refractivity contribution in [3.05, 3.63) is 0 Å². The zero-order chi connectivity index (χ0) is 12.4. The molecular formula is C12H27NO3. The Morgan fingerprint density at radius 1 is 0.812 bits per heavy atom. The first-order chi connectivity index (χ1) is 7.70. The molecule has 4 nitrogen and oxygen atoms in total. The van der Waals surface area contributed by atoms with Crippen molar-refractivity contribution in [2.75, 3.05) is 39.5 Å². The largest absolute Gasteiger partial charge is 0.375 e. The summed E-state index contributed by atoms with van der Waals surface area (Å²) in [7, 11) is 0. The minimum Gasteiger partial charge on any atom is -0.375 e. The van der Waals surface area contributed by atoms with Crippen LogP contribution < -0.4 is 0 Å². The average molecular weight is 233 g/mol. The molecule has 0 heterocycles. The van der Waals surface area contributed by atoms with Gasteiger partial charge in [-0.3, -0.25) is 4.90 Å². The van der Waals surface area contributed by atoms with E-state index in [0.717, 1.165) is 13.1 Å². The van der Waals surface area contributed by atoms with Crippen LogP contribution in [0.25, 0.3) is 0 Å². The lowest BCUT2D eigenvalue weighted by atomic mass is 10.3. The van der Waals surface area contributed by atoms with Crippen molar-refractivity contribution in [2.45, 2.75) is 40.5 Å². The Balaban J connectivity index is 4.73. The smallest absolute Gasteiger partial charge is 0.254 e. The molecule has 0 fully saturated rings. The number of nitrogens with zero attached hydrogens (tertiary/aromatic N) is 1. The van der Waals surface area contributed by atoms with E-state index in [0.29, 0.717) is 26.4 Å². The summed E-state index contributed by atoms with van der Waals surface area (Å²) in [5.41, 5.74) is 0. The zero-order valence-electron chi connectivity index (χ0n) is 11.4. The Bertz CT molecular complexity index is 154. The van der Waals surface area contributed by atoms with Crippen molar-refractivity contribution in [2.24, 2.45) is 0 Å². The molecule has 98 valence electrons. The first-order valence-electron chi connectivity index (χ1n) is 6.31. The lowest BCUT2D eigenvalue weighted by Gasteiger charge is -2.41. The first kappa shape index (κ1) is 15.8. The molecule has 4 heteroatoms. The molecule has 0 amide bonds. The molecule has 0 N–H and O–H groups in total. The summed E-state index contributed by atoms with van der Waals surface area (Å²) in [6, 6.07) is 0. The molecule has 0 aromatic rings. The highest BCUT2D eigenvalue weighted by molar-refractivity contribution is 4.70. The predicted molar refractivity (Wildman–Crippen MR) is 65.4 cm³/mol. The van der Waals surface area contributed by atoms with Gasteiger partial charge in [0, 0.05) is 32.9 Å². The van der Waals surface area contributed by atoms with Gasteiger partial charge < -0.3 is 14.2 Å². The minimum absolute atomic E-state index is 0.451. The van der Waals surface area contributed by atoms with Crippen LogP contribution >= 0.6 is 0 Å². The maximum Gasteiger partial charge on any atom is 0.254 e. The van der Waals surface area contributed by atoms with Crippen molar-refractivity contribution in [1.29, 1.82) is 0 Å². The quantitative estimate of drug-likeness (QED) is 0.541. The number of hydrogen-bond acceptors (Lipinski definition) is 4. The Morgan fingerprint density at radius 2 is 1.31 bits per heavy atom. The van der Waals surface area contributed by atoms with Gasteiger partial charge in [0.1, 0.15) is 6.61 Å². The van der Waals surface area contributed by atoms with Crippen LogP contribution in [0.5, 0.6) is 0 Å². The van der Waals surface area contributed by atoms with Gasteiger partial charge in [-0.25, -0.2) is 0 Å². The topological polar surface area (TPSA) is 30.9 Å². The molecule has 0 aliphatic rings. The van der Waals surface area contributed by atoms with Crippen LogP contribution in [0, 0.1) is 0 Å². The third-order valence-corrected chi connectivity index (χ3v) is 2.47. The van der Waals surface area contributed by atoms with Gasteiger partial charge in [0.05, 0.1) is 0 Å². The maximum atomic E-state index is 5.79. The second-order valence-corrected chi connectivity index (χ2v) is 3.39. The van der Waals surface area contributed by atoms with Crippen molar-refractivity contribution in [1.82, 2.24) is 4.90 Å². The van der Waals surface area contributed by atoms with Gasteiger partial charge >= 0.3 is 0 Å². The fraction of sp³-hybridized carbons (Fsp3) is 1.00. The molecule has 0 radical (unpaired) electrons. The zero-order valence-corrected chi connectivity index (χ0v) is 11.4. The number of likely N-dealkylation sites (N-methyl/N-ethyl adjacent to an activating group) is 1. The van der Waals surface area contributed by atoms with E-state index in [1.54, 1.807) is 0 Å². The second kappa shape index (κ2) is 8.93. The standard InChI is InChI=1S/C12H27NO3/c1-6-13(7-2)12(15-9-4,16-10-5)11-14-8-3/h6-11H2,1-5H3. The number of hydrogen-bond donors (Lipinski definition) is 0. The molecule has 16 heavy (non-hydrogen) atoms. The van der Waals surface area contributed by atoms with E-state index in [4.69, 9.17) is 14.2 Å². The summed E-state index contributed by atoms with van der Waals surface area (Å²) in [5.74, 6) is -0.719. The Hall–Kier alpha value is -0.160. The fourth-order valence-electron chi connectivity index (χ4n) is 1.79. The average Bonchev–Trinajstić information content (AvgIpc) is 2.28. The third kappa shape index (κ3) is 4.37. The van der Waals surface area contributed by atoms with Gasteiger partial charge in [0.2, 0.25) is 0 Å². The minimum atomic E-state index is -0.719. The van der Waals surface area contributed by atoms with Crippen LogP contribution in [0.1, 0.15) is 34.6 Å². The summed E-state index contributed by atoms with van der Waals surface area (Å²) >= 11 is 0. The van der Waals surface area contributed by atoms with Crippen molar-refractivity contribution in [3.8, 4) is 0 Å². The lowest BCUT2D eigenvalue weighted by molar-refractivity contribution is -0.331. The van der Waals surface area contributed by atoms with Crippen LogP contribution in [0.4, 0.5) is 0 Å². The van der Waals surface area contributed by atoms with Crippen LogP contribution in [-0.4, -0.2) is 50.3 Å². The van der Waals surface area contributed by atoms with E-state index < -0.39 is 5.91 Å². The fourth-order valence-corrected chi connectivity index (χ4v) is 1.79. The number of ether oxygens (including phenoxy) is 3. The van der Waals surface area contributed by atoms with E-state index >= 15 is 0 Å². The second-order valence-electron chi connectivity index (χ2n) is 3.39. The SMILES string of the molecule is CCOCC(OCC)(OCC)N(CC)CC. The molecule has 0 saturated heterocycles. The van der Waals surface area contributed by atoms with E-state index in [-0.39, 0.29) is 0 Å². The summed E-state index contributed by atoms with van der Waals surface area (Å²) in [6.07, 6.45) is 0. The van der Waals surface area contributed by atoms with Crippen LogP contribution in [0.2, 0.25) is 0 Å². The van der Waals surface area contributed by atoms with E-state index in [1.165, 1.54) is 0 Å². The van der Waals surface area contributed by atoms with Gasteiger partial charge in [-0.05, 0) is 20.8 Å². The number of rotatable bonds is 10. The van der Waals surface area contributed by atoms with Crippen molar-refractivity contribution in [3.63, 3.8) is 0 Å².